The van der Waals surface area contributed by atoms with E-state index in [0.717, 1.165) is 32.4 Å². The zero-order valence-electron chi connectivity index (χ0n) is 12.1. The minimum Gasteiger partial charge on any atom is -0.444 e. The molecule has 0 aromatic heterocycles. The number of nitrogens with zero attached hydrogens (tertiary/aromatic N) is 1. The Morgan fingerprint density at radius 1 is 1.37 bits per heavy atom. The van der Waals surface area contributed by atoms with Crippen molar-refractivity contribution in [3.63, 3.8) is 0 Å². The van der Waals surface area contributed by atoms with E-state index < -0.39 is 5.60 Å². The Labute approximate surface area is 114 Å². The van der Waals surface area contributed by atoms with Crippen LogP contribution in [0.3, 0.4) is 0 Å². The van der Waals surface area contributed by atoms with E-state index in [2.05, 4.69) is 0 Å². The number of hydrogen-bond donors (Lipinski definition) is 1. The van der Waals surface area contributed by atoms with Gasteiger partial charge in [-0.25, -0.2) is 4.79 Å². The standard InChI is InChI=1S/C14H24N2O3/c1-12(2,3)19-11(17)16-8-13(9-16)6-14(7-13)4-10(15)5-18-14/h10H,4-9,15H2,1-3H3. The summed E-state index contributed by atoms with van der Waals surface area (Å²) in [6, 6.07) is 0.194. The molecule has 5 heteroatoms. The normalized spacial score (nSPS) is 31.2. The molecule has 2 aliphatic heterocycles. The summed E-state index contributed by atoms with van der Waals surface area (Å²) in [5.41, 5.74) is 5.79. The predicted molar refractivity (Wildman–Crippen MR) is 70.7 cm³/mol. The van der Waals surface area contributed by atoms with Crippen LogP contribution in [0.4, 0.5) is 4.79 Å². The van der Waals surface area contributed by atoms with Crippen molar-refractivity contribution in [1.82, 2.24) is 4.90 Å². The maximum absolute atomic E-state index is 11.9. The van der Waals surface area contributed by atoms with Gasteiger partial charge in [-0.2, -0.15) is 0 Å². The fourth-order valence-electron chi connectivity index (χ4n) is 3.88. The van der Waals surface area contributed by atoms with Gasteiger partial charge >= 0.3 is 6.09 Å². The largest absolute Gasteiger partial charge is 0.444 e. The minimum atomic E-state index is -0.415. The van der Waals surface area contributed by atoms with Gasteiger partial charge in [-0.1, -0.05) is 0 Å². The van der Waals surface area contributed by atoms with Crippen LogP contribution in [-0.2, 0) is 9.47 Å². The first kappa shape index (κ1) is 13.2. The molecule has 1 amide bonds. The van der Waals surface area contributed by atoms with Gasteiger partial charge in [0.2, 0.25) is 0 Å². The van der Waals surface area contributed by atoms with Crippen LogP contribution in [0.2, 0.25) is 0 Å². The first-order valence-electron chi connectivity index (χ1n) is 7.09. The maximum Gasteiger partial charge on any atom is 0.410 e. The van der Waals surface area contributed by atoms with E-state index in [1.807, 2.05) is 20.8 Å². The molecule has 0 radical (unpaired) electrons. The zero-order chi connectivity index (χ0) is 13.9. The molecule has 1 unspecified atom stereocenters. The lowest BCUT2D eigenvalue weighted by atomic mass is 9.54. The Kier molecular flexibility index (Phi) is 2.68. The molecule has 2 N–H and O–H groups in total. The van der Waals surface area contributed by atoms with Gasteiger partial charge in [0.05, 0.1) is 12.2 Å². The summed E-state index contributed by atoms with van der Waals surface area (Å²) in [5.74, 6) is 0. The van der Waals surface area contributed by atoms with E-state index in [1.165, 1.54) is 0 Å². The zero-order valence-corrected chi connectivity index (χ0v) is 12.1. The van der Waals surface area contributed by atoms with Gasteiger partial charge in [0, 0.05) is 24.5 Å². The number of nitrogens with two attached hydrogens (primary N) is 1. The van der Waals surface area contributed by atoms with E-state index in [0.29, 0.717) is 6.61 Å². The van der Waals surface area contributed by atoms with Gasteiger partial charge in [0.25, 0.3) is 0 Å². The third kappa shape index (κ3) is 2.34. The summed E-state index contributed by atoms with van der Waals surface area (Å²) in [4.78, 5) is 13.7. The molecule has 3 aliphatic rings. The van der Waals surface area contributed by atoms with Gasteiger partial charge in [-0.3, -0.25) is 0 Å². The fourth-order valence-corrected chi connectivity index (χ4v) is 3.88. The van der Waals surface area contributed by atoms with Crippen LogP contribution in [0.5, 0.6) is 0 Å². The Bertz CT molecular complexity index is 388. The molecule has 1 saturated carbocycles. The molecule has 0 aromatic carbocycles. The van der Waals surface area contributed by atoms with E-state index in [9.17, 15) is 4.79 Å². The van der Waals surface area contributed by atoms with Crippen LogP contribution >= 0.6 is 0 Å². The lowest BCUT2D eigenvalue weighted by molar-refractivity contribution is -0.189. The van der Waals surface area contributed by atoms with E-state index in [-0.39, 0.29) is 23.2 Å². The highest BCUT2D eigenvalue weighted by Crippen LogP contribution is 2.59. The molecule has 5 nitrogen and oxygen atoms in total. The molecule has 19 heavy (non-hydrogen) atoms. The monoisotopic (exact) mass is 268 g/mol. The molecule has 3 rings (SSSR count). The highest BCUT2D eigenvalue weighted by atomic mass is 16.6. The summed E-state index contributed by atoms with van der Waals surface area (Å²) in [7, 11) is 0. The number of amides is 1. The van der Waals surface area contributed by atoms with E-state index >= 15 is 0 Å². The molecule has 2 heterocycles. The fraction of sp³-hybridized carbons (Fsp3) is 0.929. The third-order valence-electron chi connectivity index (χ3n) is 4.34. The highest BCUT2D eigenvalue weighted by molar-refractivity contribution is 5.69. The number of hydrogen-bond acceptors (Lipinski definition) is 4. The van der Waals surface area contributed by atoms with Crippen molar-refractivity contribution < 1.29 is 14.3 Å². The molecule has 2 spiro atoms. The van der Waals surface area contributed by atoms with Crippen LogP contribution in [0, 0.1) is 5.41 Å². The van der Waals surface area contributed by atoms with Gasteiger partial charge in [0.1, 0.15) is 5.60 Å². The second-order valence-electron chi connectivity index (χ2n) is 7.65. The molecule has 108 valence electrons. The molecule has 0 bridgehead atoms. The van der Waals surface area contributed by atoms with Crippen LogP contribution in [0.25, 0.3) is 0 Å². The van der Waals surface area contributed by atoms with Crippen molar-refractivity contribution in [1.29, 1.82) is 0 Å². The van der Waals surface area contributed by atoms with Crippen LogP contribution in [0.1, 0.15) is 40.0 Å². The maximum atomic E-state index is 11.9. The van der Waals surface area contributed by atoms with Gasteiger partial charge in [0.15, 0.2) is 0 Å². The molecule has 1 atom stereocenters. The van der Waals surface area contributed by atoms with E-state index in [4.69, 9.17) is 15.2 Å². The lowest BCUT2D eigenvalue weighted by Crippen LogP contribution is -2.69. The molecule has 2 saturated heterocycles. The smallest absolute Gasteiger partial charge is 0.410 e. The van der Waals surface area contributed by atoms with Crippen LogP contribution in [0.15, 0.2) is 0 Å². The topological polar surface area (TPSA) is 64.8 Å². The average molecular weight is 268 g/mol. The lowest BCUT2D eigenvalue weighted by Gasteiger charge is -2.62. The second-order valence-corrected chi connectivity index (χ2v) is 7.65. The molecule has 0 aromatic rings. The molecular weight excluding hydrogens is 244 g/mol. The SMILES string of the molecule is CC(C)(C)OC(=O)N1CC2(C1)CC1(CC(N)CO1)C2. The highest BCUT2D eigenvalue weighted by Gasteiger charge is 2.63. The number of likely N-dealkylation sites (tertiary alicyclic amines) is 1. The summed E-state index contributed by atoms with van der Waals surface area (Å²) in [6.45, 7) is 7.99. The Balaban J connectivity index is 1.48. The summed E-state index contributed by atoms with van der Waals surface area (Å²) >= 11 is 0. The first-order chi connectivity index (χ1) is 8.71. The second kappa shape index (κ2) is 3.85. The third-order valence-corrected chi connectivity index (χ3v) is 4.34. The van der Waals surface area contributed by atoms with Gasteiger partial charge in [-0.15, -0.1) is 0 Å². The van der Waals surface area contributed by atoms with Crippen molar-refractivity contribution in [3.05, 3.63) is 0 Å². The van der Waals surface area contributed by atoms with E-state index in [1.54, 1.807) is 4.90 Å². The number of rotatable bonds is 0. The van der Waals surface area contributed by atoms with Crippen LogP contribution < -0.4 is 5.73 Å². The van der Waals surface area contributed by atoms with Crippen molar-refractivity contribution >= 4 is 6.09 Å². The number of carbonyl (C=O) groups is 1. The first-order valence-corrected chi connectivity index (χ1v) is 7.09. The summed E-state index contributed by atoms with van der Waals surface area (Å²) in [5, 5.41) is 0. The summed E-state index contributed by atoms with van der Waals surface area (Å²) in [6.07, 6.45) is 2.88. The van der Waals surface area contributed by atoms with Crippen molar-refractivity contribution in [2.24, 2.45) is 11.1 Å². The summed E-state index contributed by atoms with van der Waals surface area (Å²) < 4.78 is 11.2. The Morgan fingerprint density at radius 3 is 2.47 bits per heavy atom. The van der Waals surface area contributed by atoms with Crippen LogP contribution in [-0.4, -0.2) is 47.9 Å². The molecular formula is C14H24N2O3. The van der Waals surface area contributed by atoms with Gasteiger partial charge < -0.3 is 20.1 Å². The Morgan fingerprint density at radius 2 is 2.00 bits per heavy atom. The van der Waals surface area contributed by atoms with Gasteiger partial charge in [-0.05, 0) is 40.0 Å². The number of ether oxygens (including phenoxy) is 2. The number of carbonyl (C=O) groups excluding carboxylic acids is 1. The molecule has 3 fully saturated rings. The Hall–Kier alpha value is -0.810. The predicted octanol–water partition coefficient (Wildman–Crippen LogP) is 1.50. The van der Waals surface area contributed by atoms with Crippen molar-refractivity contribution in [2.45, 2.75) is 57.3 Å². The quantitative estimate of drug-likeness (QED) is 0.723. The average Bonchev–Trinajstić information content (AvgIpc) is 2.50. The minimum absolute atomic E-state index is 0.0272. The van der Waals surface area contributed by atoms with Crippen molar-refractivity contribution in [3.8, 4) is 0 Å². The molecule has 1 aliphatic carbocycles. The van der Waals surface area contributed by atoms with Crippen molar-refractivity contribution in [2.75, 3.05) is 19.7 Å².